The van der Waals surface area contributed by atoms with Crippen LogP contribution < -0.4 is 4.84 Å². The highest BCUT2D eigenvalue weighted by Crippen LogP contribution is 2.28. The lowest BCUT2D eigenvalue weighted by atomic mass is 9.87. The summed E-state index contributed by atoms with van der Waals surface area (Å²) >= 11 is 3.52. The van der Waals surface area contributed by atoms with Crippen molar-refractivity contribution in [2.24, 2.45) is 5.92 Å². The molecule has 1 aromatic heterocycles. The van der Waals surface area contributed by atoms with Crippen LogP contribution in [-0.4, -0.2) is 23.6 Å². The minimum absolute atomic E-state index is 0.530. The molecule has 1 heterocycles. The number of hydroxylamine groups is 2. The molecule has 142 valence electrons. The van der Waals surface area contributed by atoms with Gasteiger partial charge in [0.1, 0.15) is 5.75 Å². The van der Waals surface area contributed by atoms with Crippen molar-refractivity contribution in [1.82, 2.24) is 10.0 Å². The van der Waals surface area contributed by atoms with Gasteiger partial charge in [-0.15, -0.1) is 5.06 Å². The van der Waals surface area contributed by atoms with E-state index >= 15 is 0 Å². The van der Waals surface area contributed by atoms with E-state index in [9.17, 15) is 0 Å². The first-order chi connectivity index (χ1) is 13.0. The Bertz CT molecular complexity index is 866. The Balaban J connectivity index is 1.57. The summed E-state index contributed by atoms with van der Waals surface area (Å²) in [6.45, 7) is 5.44. The van der Waals surface area contributed by atoms with Crippen molar-refractivity contribution in [3.05, 3.63) is 70.8 Å². The third-order valence-corrected chi connectivity index (χ3v) is 5.46. The maximum atomic E-state index is 6.02. The minimum Gasteiger partial charge on any atom is -0.406 e. The normalized spacial score (nSPS) is 13.7. The van der Waals surface area contributed by atoms with Crippen molar-refractivity contribution in [3.63, 3.8) is 0 Å². The molecule has 3 rings (SSSR count). The van der Waals surface area contributed by atoms with Gasteiger partial charge in [0, 0.05) is 35.7 Å². The van der Waals surface area contributed by atoms with Crippen molar-refractivity contribution in [1.29, 1.82) is 0 Å². The summed E-state index contributed by atoms with van der Waals surface area (Å²) in [4.78, 5) is 10.4. The number of nitrogens with zero attached hydrogens (tertiary/aromatic N) is 2. The first kappa shape index (κ1) is 19.8. The van der Waals surface area contributed by atoms with E-state index < -0.39 is 0 Å². The Morgan fingerprint density at radius 1 is 1.11 bits per heavy atom. The van der Waals surface area contributed by atoms with Gasteiger partial charge >= 0.3 is 0 Å². The van der Waals surface area contributed by atoms with E-state index in [0.29, 0.717) is 11.8 Å². The first-order valence-corrected chi connectivity index (χ1v) is 10.3. The van der Waals surface area contributed by atoms with Gasteiger partial charge in [-0.3, -0.25) is 4.98 Å². The van der Waals surface area contributed by atoms with Gasteiger partial charge in [0.05, 0.1) is 5.52 Å². The molecule has 0 saturated heterocycles. The van der Waals surface area contributed by atoms with E-state index in [1.165, 1.54) is 5.56 Å². The van der Waals surface area contributed by atoms with Gasteiger partial charge in [0.15, 0.2) is 0 Å². The summed E-state index contributed by atoms with van der Waals surface area (Å²) in [5, 5.41) is 3.06. The van der Waals surface area contributed by atoms with E-state index in [-0.39, 0.29) is 0 Å². The lowest BCUT2D eigenvalue weighted by Crippen LogP contribution is -2.28. The number of aromatic nitrogens is 1. The Labute approximate surface area is 170 Å². The van der Waals surface area contributed by atoms with Gasteiger partial charge in [-0.05, 0) is 60.6 Å². The maximum absolute atomic E-state index is 6.02. The molecule has 0 bridgehead atoms. The van der Waals surface area contributed by atoms with Crippen LogP contribution in [0.2, 0.25) is 0 Å². The second kappa shape index (κ2) is 9.34. The summed E-state index contributed by atoms with van der Waals surface area (Å²) < 4.78 is 1.13. The van der Waals surface area contributed by atoms with E-state index in [0.717, 1.165) is 40.5 Å². The Morgan fingerprint density at radius 2 is 1.89 bits per heavy atom. The van der Waals surface area contributed by atoms with Crippen LogP contribution in [0.15, 0.2) is 65.3 Å². The zero-order chi connectivity index (χ0) is 19.2. The van der Waals surface area contributed by atoms with Crippen molar-refractivity contribution < 1.29 is 4.84 Å². The fourth-order valence-electron chi connectivity index (χ4n) is 3.59. The standard InChI is InChI=1S/C23H27BrN2O/c1-4-18(19-7-10-21(24)11-8-19)14-17(2)16-26(3)27-22-12-9-20-6-5-13-25-23(20)15-22/h5-13,15,17-18H,4,14,16H2,1-3H3. The molecule has 0 aliphatic carbocycles. The molecule has 0 radical (unpaired) electrons. The number of rotatable bonds is 8. The van der Waals surface area contributed by atoms with Crippen LogP contribution in [0.1, 0.15) is 38.2 Å². The first-order valence-electron chi connectivity index (χ1n) is 9.54. The average molecular weight is 427 g/mol. The molecule has 2 aromatic carbocycles. The molecular formula is C23H27BrN2O. The summed E-state index contributed by atoms with van der Waals surface area (Å²) in [6.07, 6.45) is 4.10. The van der Waals surface area contributed by atoms with Crippen molar-refractivity contribution in [2.45, 2.75) is 32.6 Å². The molecule has 27 heavy (non-hydrogen) atoms. The van der Waals surface area contributed by atoms with E-state index in [1.807, 2.05) is 36.5 Å². The summed E-state index contributed by atoms with van der Waals surface area (Å²) in [5.41, 5.74) is 2.37. The highest BCUT2D eigenvalue weighted by molar-refractivity contribution is 9.10. The van der Waals surface area contributed by atoms with Crippen LogP contribution in [0, 0.1) is 5.92 Å². The lowest BCUT2D eigenvalue weighted by molar-refractivity contribution is -0.0436. The number of hydrogen-bond acceptors (Lipinski definition) is 3. The largest absolute Gasteiger partial charge is 0.406 e. The molecule has 0 N–H and O–H groups in total. The summed E-state index contributed by atoms with van der Waals surface area (Å²) in [5.74, 6) is 1.93. The molecule has 3 nitrogen and oxygen atoms in total. The molecule has 3 aromatic rings. The van der Waals surface area contributed by atoms with Gasteiger partial charge in [-0.1, -0.05) is 48.0 Å². The molecule has 4 heteroatoms. The topological polar surface area (TPSA) is 25.4 Å². The van der Waals surface area contributed by atoms with Gasteiger partial charge in [-0.25, -0.2) is 0 Å². The molecule has 0 aliphatic heterocycles. The van der Waals surface area contributed by atoms with E-state index in [2.05, 4.69) is 71.2 Å². The monoisotopic (exact) mass is 426 g/mol. The van der Waals surface area contributed by atoms with E-state index in [4.69, 9.17) is 4.84 Å². The highest BCUT2D eigenvalue weighted by Gasteiger charge is 2.16. The van der Waals surface area contributed by atoms with Gasteiger partial charge < -0.3 is 4.84 Å². The molecule has 0 amide bonds. The predicted octanol–water partition coefficient (Wildman–Crippen LogP) is 6.44. The smallest absolute Gasteiger partial charge is 0.149 e. The van der Waals surface area contributed by atoms with Gasteiger partial charge in [0.2, 0.25) is 0 Å². The summed E-state index contributed by atoms with van der Waals surface area (Å²) in [7, 11) is 2.00. The molecular weight excluding hydrogens is 400 g/mol. The second-order valence-electron chi connectivity index (χ2n) is 7.26. The van der Waals surface area contributed by atoms with Crippen molar-refractivity contribution >= 4 is 26.8 Å². The molecule has 0 aliphatic rings. The fraction of sp³-hybridized carbons (Fsp3) is 0.348. The van der Waals surface area contributed by atoms with Crippen LogP contribution >= 0.6 is 15.9 Å². The molecule has 2 unspecified atom stereocenters. The van der Waals surface area contributed by atoms with Crippen LogP contribution in [0.4, 0.5) is 0 Å². The SMILES string of the molecule is CCC(CC(C)CN(C)Oc1ccc2cccnc2c1)c1ccc(Br)cc1. The summed E-state index contributed by atoms with van der Waals surface area (Å²) in [6, 6.07) is 18.8. The molecule has 0 saturated carbocycles. The van der Waals surface area contributed by atoms with Crippen LogP contribution in [0.3, 0.4) is 0 Å². The third kappa shape index (κ3) is 5.53. The fourth-order valence-corrected chi connectivity index (χ4v) is 3.86. The Morgan fingerprint density at radius 3 is 2.63 bits per heavy atom. The van der Waals surface area contributed by atoms with E-state index in [1.54, 1.807) is 0 Å². The second-order valence-corrected chi connectivity index (χ2v) is 8.17. The highest BCUT2D eigenvalue weighted by atomic mass is 79.9. The third-order valence-electron chi connectivity index (χ3n) is 4.93. The predicted molar refractivity (Wildman–Crippen MR) is 116 cm³/mol. The average Bonchev–Trinajstić information content (AvgIpc) is 2.66. The number of hydrogen-bond donors (Lipinski definition) is 0. The van der Waals surface area contributed by atoms with Gasteiger partial charge in [-0.2, -0.15) is 0 Å². The number of pyridine rings is 1. The lowest BCUT2D eigenvalue weighted by Gasteiger charge is -2.25. The van der Waals surface area contributed by atoms with Crippen molar-refractivity contribution in [3.8, 4) is 5.75 Å². The zero-order valence-corrected chi connectivity index (χ0v) is 17.8. The van der Waals surface area contributed by atoms with Gasteiger partial charge in [0.25, 0.3) is 0 Å². The zero-order valence-electron chi connectivity index (χ0n) is 16.2. The Hall–Kier alpha value is -1.91. The van der Waals surface area contributed by atoms with Crippen LogP contribution in [-0.2, 0) is 0 Å². The van der Waals surface area contributed by atoms with Crippen LogP contribution in [0.5, 0.6) is 5.75 Å². The van der Waals surface area contributed by atoms with Crippen molar-refractivity contribution in [2.75, 3.05) is 13.6 Å². The maximum Gasteiger partial charge on any atom is 0.149 e. The molecule has 0 fully saturated rings. The van der Waals surface area contributed by atoms with Crippen LogP contribution in [0.25, 0.3) is 10.9 Å². The number of benzene rings is 2. The molecule has 2 atom stereocenters. The molecule has 0 spiro atoms. The Kier molecular flexibility index (Phi) is 6.86. The number of fused-ring (bicyclic) bond motifs is 1. The number of halogens is 1. The minimum atomic E-state index is 0.530. The quantitative estimate of drug-likeness (QED) is 0.387.